The molecule has 0 aliphatic carbocycles. The van der Waals surface area contributed by atoms with Crippen molar-refractivity contribution in [3.8, 4) is 22.8 Å². The number of aromatic nitrogens is 8. The molecule has 0 aliphatic rings. The van der Waals surface area contributed by atoms with Crippen LogP contribution in [0.5, 0.6) is 0 Å². The summed E-state index contributed by atoms with van der Waals surface area (Å²) in [5.74, 6) is 0.913. The van der Waals surface area contributed by atoms with E-state index < -0.39 is 19.7 Å². The van der Waals surface area contributed by atoms with E-state index in [-0.39, 0.29) is 22.1 Å². The Balaban J connectivity index is 0.000000205. The highest BCUT2D eigenvalue weighted by molar-refractivity contribution is 7.91. The van der Waals surface area contributed by atoms with Gasteiger partial charge in [0.1, 0.15) is 12.7 Å². The summed E-state index contributed by atoms with van der Waals surface area (Å²) in [4.78, 5) is 19.9. The standard InChI is InChI=1S/C14H13N5O3S.C14H16N4O3S/c1-10-5-11(7-12(6-10)23(2,20)21)14-15-8-19(18-14)4-3-13-17-16-9-22-13;1-10-5-11(7-13(6-10)22(2,20)21)14-16-9-18(17-14)4-3-12(19)8-15/h3-9H,1-2H3;3-7,9H,8,15H2,1-2H3/b2*4-3-. The second-order valence-corrected chi connectivity index (χ2v) is 13.8. The number of rotatable bonds is 9. The number of nitrogens with zero attached hydrogens (tertiary/aromatic N) is 8. The van der Waals surface area contributed by atoms with Crippen LogP contribution in [0.2, 0.25) is 0 Å². The van der Waals surface area contributed by atoms with Crippen molar-refractivity contribution < 1.29 is 26.0 Å². The van der Waals surface area contributed by atoms with Gasteiger partial charge in [0.15, 0.2) is 37.1 Å². The lowest BCUT2D eigenvalue weighted by atomic mass is 10.1. The van der Waals surface area contributed by atoms with Gasteiger partial charge in [0, 0.05) is 48.2 Å². The molecule has 0 bridgehead atoms. The Kier molecular flexibility index (Phi) is 9.95. The molecule has 0 aliphatic heterocycles. The molecule has 234 valence electrons. The first kappa shape index (κ1) is 32.8. The fraction of sp³-hybridized carbons (Fsp3) is 0.179. The summed E-state index contributed by atoms with van der Waals surface area (Å²) >= 11 is 0. The van der Waals surface area contributed by atoms with Crippen LogP contribution in [0.4, 0.5) is 0 Å². The van der Waals surface area contributed by atoms with E-state index >= 15 is 0 Å². The van der Waals surface area contributed by atoms with E-state index in [1.165, 1.54) is 53.0 Å². The maximum Gasteiger partial charge on any atom is 0.241 e. The molecule has 15 nitrogen and oxygen atoms in total. The van der Waals surface area contributed by atoms with E-state index in [4.69, 9.17) is 10.2 Å². The molecular weight excluding hydrogens is 622 g/mol. The maximum atomic E-state index is 11.7. The van der Waals surface area contributed by atoms with E-state index in [2.05, 4.69) is 30.4 Å². The van der Waals surface area contributed by atoms with Crippen LogP contribution in [0.3, 0.4) is 0 Å². The van der Waals surface area contributed by atoms with Crippen LogP contribution in [0.15, 0.2) is 75.7 Å². The first-order chi connectivity index (χ1) is 21.2. The van der Waals surface area contributed by atoms with Gasteiger partial charge < -0.3 is 10.2 Å². The second kappa shape index (κ2) is 13.7. The molecule has 17 heteroatoms. The zero-order chi connectivity index (χ0) is 32.8. The molecule has 2 N–H and O–H groups in total. The molecule has 0 saturated carbocycles. The molecular formula is C28H29N9O6S2. The highest BCUT2D eigenvalue weighted by Crippen LogP contribution is 2.23. The third kappa shape index (κ3) is 9.18. The van der Waals surface area contributed by atoms with E-state index in [9.17, 15) is 21.6 Å². The molecule has 5 rings (SSSR count). The molecule has 0 amide bonds. The van der Waals surface area contributed by atoms with Gasteiger partial charge in [0.2, 0.25) is 12.3 Å². The van der Waals surface area contributed by atoms with Crippen LogP contribution >= 0.6 is 0 Å². The first-order valence-electron chi connectivity index (χ1n) is 13.0. The van der Waals surface area contributed by atoms with Crippen LogP contribution in [0, 0.1) is 13.8 Å². The Morgan fingerprint density at radius 2 is 1.33 bits per heavy atom. The third-order valence-corrected chi connectivity index (χ3v) is 8.04. The Labute approximate surface area is 259 Å². The van der Waals surface area contributed by atoms with Crippen molar-refractivity contribution >= 4 is 43.9 Å². The summed E-state index contributed by atoms with van der Waals surface area (Å²) in [6.07, 6.45) is 12.4. The fourth-order valence-corrected chi connectivity index (χ4v) is 5.24. The summed E-state index contributed by atoms with van der Waals surface area (Å²) in [6.45, 7) is 3.55. The quantitative estimate of drug-likeness (QED) is 0.227. The average molecular weight is 652 g/mol. The number of nitrogens with two attached hydrogens (primary N) is 1. The fourth-order valence-electron chi connectivity index (χ4n) is 3.76. The molecule has 0 unspecified atom stereocenters. The molecule has 0 saturated heterocycles. The molecule has 0 radical (unpaired) electrons. The van der Waals surface area contributed by atoms with Crippen molar-refractivity contribution in [1.82, 2.24) is 39.7 Å². The van der Waals surface area contributed by atoms with Crippen LogP contribution in [-0.2, 0) is 24.5 Å². The minimum atomic E-state index is -3.31. The van der Waals surface area contributed by atoms with Gasteiger partial charge in [-0.2, -0.15) is 0 Å². The molecule has 3 heterocycles. The highest BCUT2D eigenvalue weighted by Gasteiger charge is 2.13. The molecule has 2 aromatic carbocycles. The van der Waals surface area contributed by atoms with Crippen molar-refractivity contribution in [3.05, 3.63) is 78.5 Å². The SMILES string of the molecule is Cc1cc(-c2ncn(/C=C\C(=O)CN)n2)cc(S(C)(=O)=O)c1.Cc1cc(-c2ncn(/C=C\c3nnco3)n2)cc(S(C)(=O)=O)c1. The minimum Gasteiger partial charge on any atom is -0.424 e. The summed E-state index contributed by atoms with van der Waals surface area (Å²) < 4.78 is 54.6. The predicted octanol–water partition coefficient (Wildman–Crippen LogP) is 2.32. The van der Waals surface area contributed by atoms with Gasteiger partial charge in [-0.15, -0.1) is 20.4 Å². The summed E-state index contributed by atoms with van der Waals surface area (Å²) in [6, 6.07) is 9.92. The minimum absolute atomic E-state index is 0.0757. The number of carbonyl (C=O) groups excluding carboxylic acids is 1. The zero-order valence-electron chi connectivity index (χ0n) is 24.6. The van der Waals surface area contributed by atoms with Gasteiger partial charge in [-0.25, -0.2) is 36.2 Å². The first-order valence-corrected chi connectivity index (χ1v) is 16.8. The summed E-state index contributed by atoms with van der Waals surface area (Å²) in [5.41, 5.74) is 8.05. The van der Waals surface area contributed by atoms with E-state index in [0.29, 0.717) is 28.7 Å². The molecule has 0 spiro atoms. The topological polar surface area (TPSA) is 212 Å². The van der Waals surface area contributed by atoms with Gasteiger partial charge in [0.05, 0.1) is 16.3 Å². The van der Waals surface area contributed by atoms with Crippen molar-refractivity contribution in [2.75, 3.05) is 19.1 Å². The van der Waals surface area contributed by atoms with E-state index in [1.54, 1.807) is 43.5 Å². The second-order valence-electron chi connectivity index (χ2n) is 9.79. The number of ketones is 1. The lowest BCUT2D eigenvalue weighted by molar-refractivity contribution is -0.113. The van der Waals surface area contributed by atoms with Gasteiger partial charge >= 0.3 is 0 Å². The zero-order valence-corrected chi connectivity index (χ0v) is 26.3. The van der Waals surface area contributed by atoms with Crippen LogP contribution in [0.25, 0.3) is 41.3 Å². The highest BCUT2D eigenvalue weighted by atomic mass is 32.2. The Morgan fingerprint density at radius 1 is 0.822 bits per heavy atom. The average Bonchev–Trinajstić information content (AvgIpc) is 3.76. The molecule has 5 aromatic rings. The van der Waals surface area contributed by atoms with Gasteiger partial charge in [0.25, 0.3) is 0 Å². The molecule has 0 fully saturated rings. The Hall–Kier alpha value is -5.13. The van der Waals surface area contributed by atoms with Crippen LogP contribution in [0.1, 0.15) is 17.0 Å². The monoisotopic (exact) mass is 651 g/mol. The third-order valence-electron chi connectivity index (χ3n) is 5.85. The molecule has 0 atom stereocenters. The maximum absolute atomic E-state index is 11.7. The molecule has 3 aromatic heterocycles. The van der Waals surface area contributed by atoms with Crippen molar-refractivity contribution in [2.45, 2.75) is 23.6 Å². The van der Waals surface area contributed by atoms with Crippen molar-refractivity contribution in [2.24, 2.45) is 5.73 Å². The summed E-state index contributed by atoms with van der Waals surface area (Å²) in [7, 11) is -6.60. The largest absolute Gasteiger partial charge is 0.424 e. The summed E-state index contributed by atoms with van der Waals surface area (Å²) in [5, 5.41) is 15.7. The smallest absolute Gasteiger partial charge is 0.241 e. The molecule has 45 heavy (non-hydrogen) atoms. The lowest BCUT2D eigenvalue weighted by Crippen LogP contribution is -2.10. The number of carbonyl (C=O) groups is 1. The van der Waals surface area contributed by atoms with Crippen molar-refractivity contribution in [1.29, 1.82) is 0 Å². The van der Waals surface area contributed by atoms with Gasteiger partial charge in [-0.3, -0.25) is 4.79 Å². The lowest BCUT2D eigenvalue weighted by Gasteiger charge is -2.03. The number of aryl methyl sites for hydroxylation is 2. The Morgan fingerprint density at radius 3 is 1.78 bits per heavy atom. The predicted molar refractivity (Wildman–Crippen MR) is 166 cm³/mol. The van der Waals surface area contributed by atoms with Crippen LogP contribution in [-0.4, -0.2) is 81.4 Å². The van der Waals surface area contributed by atoms with E-state index in [1.807, 2.05) is 13.0 Å². The normalized spacial score (nSPS) is 12.0. The van der Waals surface area contributed by atoms with E-state index in [0.717, 1.165) is 17.4 Å². The number of sulfone groups is 2. The number of benzene rings is 2. The number of hydrogen-bond donors (Lipinski definition) is 1. The van der Waals surface area contributed by atoms with Crippen LogP contribution < -0.4 is 5.73 Å². The number of hydrogen-bond acceptors (Lipinski definition) is 13. The Bertz CT molecular complexity index is 2100. The van der Waals surface area contributed by atoms with Gasteiger partial charge in [-0.05, 0) is 61.4 Å². The van der Waals surface area contributed by atoms with Gasteiger partial charge in [-0.1, -0.05) is 0 Å². The van der Waals surface area contributed by atoms with Crippen molar-refractivity contribution in [3.63, 3.8) is 0 Å².